The predicted molar refractivity (Wildman–Crippen MR) is 51.9 cm³/mol. The molecule has 1 heterocycles. The molecule has 1 rings (SSSR count). The van der Waals surface area contributed by atoms with Crippen molar-refractivity contribution in [3.8, 4) is 5.88 Å². The lowest BCUT2D eigenvalue weighted by Crippen LogP contribution is -2.15. The number of hydrogen-bond acceptors (Lipinski definition) is 4. The molecule has 0 saturated heterocycles. The van der Waals surface area contributed by atoms with Crippen molar-refractivity contribution in [2.75, 3.05) is 7.11 Å². The molecule has 1 aromatic heterocycles. The normalized spacial score (nSPS) is 11.9. The zero-order valence-electron chi connectivity index (χ0n) is 8.57. The van der Waals surface area contributed by atoms with Crippen molar-refractivity contribution in [3.63, 3.8) is 0 Å². The lowest BCUT2D eigenvalue weighted by Gasteiger charge is -2.12. The van der Waals surface area contributed by atoms with Gasteiger partial charge in [0.05, 0.1) is 18.9 Å². The molecular formula is C8H10F2N2O3S. The molecule has 0 unspecified atom stereocenters. The Bertz CT molecular complexity index is 502. The Morgan fingerprint density at radius 1 is 1.50 bits per heavy atom. The van der Waals surface area contributed by atoms with Gasteiger partial charge in [0.25, 0.3) is 6.43 Å². The topological polar surface area (TPSA) is 82.3 Å². The molecule has 90 valence electrons. The Morgan fingerprint density at radius 2 is 2.06 bits per heavy atom. The van der Waals surface area contributed by atoms with E-state index >= 15 is 0 Å². The SMILES string of the molecule is COc1ncc(S(N)(=O)=O)c(C)c1C(F)F. The quantitative estimate of drug-likeness (QED) is 0.869. The smallest absolute Gasteiger partial charge is 0.269 e. The summed E-state index contributed by atoms with van der Waals surface area (Å²) in [4.78, 5) is 3.06. The Labute approximate surface area is 91.3 Å². The molecule has 0 atom stereocenters. The third kappa shape index (κ3) is 2.27. The van der Waals surface area contributed by atoms with E-state index < -0.39 is 26.9 Å². The zero-order valence-corrected chi connectivity index (χ0v) is 9.38. The Hall–Kier alpha value is -1.28. The second-order valence-electron chi connectivity index (χ2n) is 3.02. The first-order valence-electron chi connectivity index (χ1n) is 4.13. The van der Waals surface area contributed by atoms with Crippen molar-refractivity contribution in [1.29, 1.82) is 0 Å². The van der Waals surface area contributed by atoms with E-state index in [0.29, 0.717) is 0 Å². The second kappa shape index (κ2) is 4.30. The minimum Gasteiger partial charge on any atom is -0.481 e. The van der Waals surface area contributed by atoms with Crippen LogP contribution >= 0.6 is 0 Å². The molecule has 0 amide bonds. The van der Waals surface area contributed by atoms with Crippen LogP contribution in [0.15, 0.2) is 11.1 Å². The summed E-state index contributed by atoms with van der Waals surface area (Å²) in [5, 5.41) is 4.86. The van der Waals surface area contributed by atoms with E-state index in [1.165, 1.54) is 14.0 Å². The number of rotatable bonds is 3. The van der Waals surface area contributed by atoms with Crippen LogP contribution in [0.2, 0.25) is 0 Å². The predicted octanol–water partition coefficient (Wildman–Crippen LogP) is 0.984. The highest BCUT2D eigenvalue weighted by atomic mass is 32.2. The molecule has 0 spiro atoms. The number of methoxy groups -OCH3 is 1. The van der Waals surface area contributed by atoms with Crippen molar-refractivity contribution in [2.45, 2.75) is 18.2 Å². The van der Waals surface area contributed by atoms with Gasteiger partial charge >= 0.3 is 0 Å². The molecule has 8 heteroatoms. The summed E-state index contributed by atoms with van der Waals surface area (Å²) in [5.41, 5.74) is -0.710. The zero-order chi connectivity index (χ0) is 12.5. The van der Waals surface area contributed by atoms with Crippen LogP contribution < -0.4 is 9.88 Å². The standard InChI is InChI=1S/C8H10F2N2O3S/c1-4-5(16(11,13)14)3-12-8(15-2)6(4)7(9)10/h3,7H,1-2H3,(H2,11,13,14). The monoisotopic (exact) mass is 252 g/mol. The first-order chi connectivity index (χ1) is 7.29. The number of nitrogens with zero attached hydrogens (tertiary/aromatic N) is 1. The average Bonchev–Trinajstić information content (AvgIpc) is 2.14. The van der Waals surface area contributed by atoms with Crippen molar-refractivity contribution in [2.24, 2.45) is 5.14 Å². The molecule has 1 aromatic rings. The fraction of sp³-hybridized carbons (Fsp3) is 0.375. The molecule has 0 radical (unpaired) electrons. The van der Waals surface area contributed by atoms with Crippen LogP contribution in [0.3, 0.4) is 0 Å². The summed E-state index contributed by atoms with van der Waals surface area (Å²) in [7, 11) is -2.89. The largest absolute Gasteiger partial charge is 0.481 e. The number of alkyl halides is 2. The van der Waals surface area contributed by atoms with Gasteiger partial charge in [-0.25, -0.2) is 27.3 Å². The van der Waals surface area contributed by atoms with Gasteiger partial charge in [-0.1, -0.05) is 0 Å². The van der Waals surface area contributed by atoms with Gasteiger partial charge in [0.15, 0.2) is 0 Å². The number of sulfonamides is 1. The van der Waals surface area contributed by atoms with Crippen LogP contribution in [0.5, 0.6) is 5.88 Å². The van der Waals surface area contributed by atoms with Crippen molar-refractivity contribution < 1.29 is 21.9 Å². The number of hydrogen-bond donors (Lipinski definition) is 1. The Balaban J connectivity index is 3.57. The van der Waals surface area contributed by atoms with Crippen molar-refractivity contribution >= 4 is 10.0 Å². The number of nitrogens with two attached hydrogens (primary N) is 1. The van der Waals surface area contributed by atoms with E-state index in [-0.39, 0.29) is 11.4 Å². The molecule has 0 bridgehead atoms. The fourth-order valence-electron chi connectivity index (χ4n) is 1.28. The van der Waals surface area contributed by atoms with Crippen LogP contribution in [-0.2, 0) is 10.0 Å². The van der Waals surface area contributed by atoms with Crippen molar-refractivity contribution in [1.82, 2.24) is 4.98 Å². The van der Waals surface area contributed by atoms with Crippen LogP contribution in [0, 0.1) is 6.92 Å². The molecule has 0 aliphatic heterocycles. The van der Waals surface area contributed by atoms with E-state index in [9.17, 15) is 17.2 Å². The van der Waals surface area contributed by atoms with Crippen LogP contribution in [0.1, 0.15) is 17.6 Å². The fourth-order valence-corrected chi connectivity index (χ4v) is 2.02. The highest BCUT2D eigenvalue weighted by molar-refractivity contribution is 7.89. The molecule has 0 aliphatic carbocycles. The molecular weight excluding hydrogens is 242 g/mol. The van der Waals surface area contributed by atoms with E-state index in [0.717, 1.165) is 6.20 Å². The van der Waals surface area contributed by atoms with E-state index in [2.05, 4.69) is 9.72 Å². The molecule has 0 saturated carbocycles. The van der Waals surface area contributed by atoms with Gasteiger partial charge in [-0.05, 0) is 12.5 Å². The van der Waals surface area contributed by atoms with Gasteiger partial charge < -0.3 is 4.74 Å². The molecule has 2 N–H and O–H groups in total. The lowest BCUT2D eigenvalue weighted by atomic mass is 10.1. The van der Waals surface area contributed by atoms with Gasteiger partial charge in [-0.3, -0.25) is 0 Å². The van der Waals surface area contributed by atoms with Crippen LogP contribution in [0.4, 0.5) is 8.78 Å². The van der Waals surface area contributed by atoms with Gasteiger partial charge in [-0.15, -0.1) is 0 Å². The maximum Gasteiger partial charge on any atom is 0.269 e. The van der Waals surface area contributed by atoms with Gasteiger partial charge in [-0.2, -0.15) is 0 Å². The third-order valence-electron chi connectivity index (χ3n) is 2.02. The summed E-state index contributed by atoms with van der Waals surface area (Å²) < 4.78 is 52.2. The highest BCUT2D eigenvalue weighted by Gasteiger charge is 2.24. The molecule has 0 fully saturated rings. The van der Waals surface area contributed by atoms with E-state index in [1.807, 2.05) is 0 Å². The van der Waals surface area contributed by atoms with E-state index in [4.69, 9.17) is 5.14 Å². The summed E-state index contributed by atoms with van der Waals surface area (Å²) in [6.07, 6.45) is -1.99. The molecule has 16 heavy (non-hydrogen) atoms. The number of ether oxygens (including phenoxy) is 1. The van der Waals surface area contributed by atoms with Crippen LogP contribution in [-0.4, -0.2) is 20.5 Å². The summed E-state index contributed by atoms with van der Waals surface area (Å²) in [5.74, 6) is -0.306. The first-order valence-corrected chi connectivity index (χ1v) is 5.68. The minimum atomic E-state index is -4.07. The Kier molecular flexibility index (Phi) is 3.44. The molecule has 5 nitrogen and oxygen atoms in total. The van der Waals surface area contributed by atoms with E-state index in [1.54, 1.807) is 0 Å². The Morgan fingerprint density at radius 3 is 2.44 bits per heavy atom. The molecule has 0 aromatic carbocycles. The van der Waals surface area contributed by atoms with Gasteiger partial charge in [0.2, 0.25) is 15.9 Å². The maximum atomic E-state index is 12.7. The molecule has 0 aliphatic rings. The van der Waals surface area contributed by atoms with Crippen LogP contribution in [0.25, 0.3) is 0 Å². The van der Waals surface area contributed by atoms with Crippen molar-refractivity contribution in [3.05, 3.63) is 17.3 Å². The third-order valence-corrected chi connectivity index (χ3v) is 3.05. The summed E-state index contributed by atoms with van der Waals surface area (Å²) in [6.45, 7) is 1.23. The number of primary sulfonamides is 1. The first kappa shape index (κ1) is 12.8. The number of aromatic nitrogens is 1. The second-order valence-corrected chi connectivity index (χ2v) is 4.55. The van der Waals surface area contributed by atoms with Gasteiger partial charge in [0.1, 0.15) is 4.90 Å². The summed E-state index contributed by atoms with van der Waals surface area (Å²) >= 11 is 0. The minimum absolute atomic E-state index is 0.149. The maximum absolute atomic E-state index is 12.7. The average molecular weight is 252 g/mol. The summed E-state index contributed by atoms with van der Waals surface area (Å²) in [6, 6.07) is 0. The highest BCUT2D eigenvalue weighted by Crippen LogP contribution is 2.32. The number of pyridine rings is 1. The number of halogens is 2. The van der Waals surface area contributed by atoms with Gasteiger partial charge in [0, 0.05) is 0 Å². The lowest BCUT2D eigenvalue weighted by molar-refractivity contribution is 0.144.